The summed E-state index contributed by atoms with van der Waals surface area (Å²) in [5.41, 5.74) is 14.0. The minimum atomic E-state index is -0.921. The molecule has 366 valence electrons. The number of nitrogens with zero attached hydrogens (tertiary/aromatic N) is 4. The number of esters is 1. The fourth-order valence-corrected chi connectivity index (χ4v) is 13.0. The van der Waals surface area contributed by atoms with Crippen molar-refractivity contribution in [1.29, 1.82) is 0 Å². The summed E-state index contributed by atoms with van der Waals surface area (Å²) < 4.78 is 9.60. The summed E-state index contributed by atoms with van der Waals surface area (Å²) in [6.45, 7) is 4.26. The SMILES string of the molecule is COC(=O)c1ccc2c(C3CCCCC3)c3n(c2c1)CC(C(=O)N1CCCCC1)=Cc1ccccc1-3.O=C(O)c1ccc2c(C3CCCCC3)c3n(c2c1)CC(C(=O)N1CCCCC1)=Cc1ccccc1-3. The Morgan fingerprint density at radius 2 is 0.915 bits per heavy atom. The van der Waals surface area contributed by atoms with E-state index in [1.54, 1.807) is 6.07 Å². The minimum Gasteiger partial charge on any atom is -0.478 e. The Labute approximate surface area is 417 Å². The molecule has 4 aliphatic heterocycles. The van der Waals surface area contributed by atoms with Gasteiger partial charge in [-0.1, -0.05) is 99.2 Å². The lowest BCUT2D eigenvalue weighted by molar-refractivity contribution is -0.128. The van der Waals surface area contributed by atoms with Crippen LogP contribution in [0.4, 0.5) is 0 Å². The number of aromatic carboxylic acids is 1. The first-order chi connectivity index (χ1) is 34.8. The molecule has 0 atom stereocenters. The van der Waals surface area contributed by atoms with Crippen LogP contribution in [0.2, 0.25) is 0 Å². The minimum absolute atomic E-state index is 0.114. The number of hydrogen-bond donors (Lipinski definition) is 1. The second-order valence-electron chi connectivity index (χ2n) is 20.8. The maximum absolute atomic E-state index is 13.8. The van der Waals surface area contributed by atoms with Gasteiger partial charge in [0.2, 0.25) is 0 Å². The Balaban J connectivity index is 0.000000154. The summed E-state index contributed by atoms with van der Waals surface area (Å²) in [5, 5.41) is 12.1. The summed E-state index contributed by atoms with van der Waals surface area (Å²) >= 11 is 0. The van der Waals surface area contributed by atoms with Gasteiger partial charge in [0.1, 0.15) is 0 Å². The van der Waals surface area contributed by atoms with Crippen LogP contribution in [-0.4, -0.2) is 81.1 Å². The molecule has 0 radical (unpaired) electrons. The number of ether oxygens (including phenoxy) is 1. The molecule has 2 amide bonds. The number of fused-ring (bicyclic) bond motifs is 10. The molecule has 0 unspecified atom stereocenters. The van der Waals surface area contributed by atoms with E-state index in [4.69, 9.17) is 4.74 Å². The molecule has 6 heterocycles. The van der Waals surface area contributed by atoms with E-state index in [-0.39, 0.29) is 17.8 Å². The van der Waals surface area contributed by atoms with Gasteiger partial charge in [-0.25, -0.2) is 9.59 Å². The normalized spacial score (nSPS) is 18.4. The molecule has 2 saturated carbocycles. The van der Waals surface area contributed by atoms with Crippen LogP contribution in [0, 0.1) is 0 Å². The molecule has 4 aromatic carbocycles. The highest BCUT2D eigenvalue weighted by Crippen LogP contribution is 2.48. The largest absolute Gasteiger partial charge is 0.478 e. The lowest BCUT2D eigenvalue weighted by Gasteiger charge is -2.28. The number of hydrogen-bond acceptors (Lipinski definition) is 5. The fourth-order valence-electron chi connectivity index (χ4n) is 13.0. The zero-order chi connectivity index (χ0) is 48.6. The number of piperidine rings is 2. The molecule has 4 fully saturated rings. The predicted octanol–water partition coefficient (Wildman–Crippen LogP) is 13.0. The number of carbonyl (C=O) groups is 4. The molecule has 0 spiro atoms. The van der Waals surface area contributed by atoms with Crippen molar-refractivity contribution < 1.29 is 29.0 Å². The van der Waals surface area contributed by atoms with Gasteiger partial charge in [-0.15, -0.1) is 0 Å². The third kappa shape index (κ3) is 8.93. The van der Waals surface area contributed by atoms with Crippen molar-refractivity contribution in [2.24, 2.45) is 0 Å². The van der Waals surface area contributed by atoms with Gasteiger partial charge in [0.25, 0.3) is 11.8 Å². The van der Waals surface area contributed by atoms with Crippen LogP contribution in [0.1, 0.15) is 158 Å². The van der Waals surface area contributed by atoms with Crippen molar-refractivity contribution in [3.63, 3.8) is 0 Å². The van der Waals surface area contributed by atoms with Gasteiger partial charge in [0.15, 0.2) is 0 Å². The smallest absolute Gasteiger partial charge is 0.337 e. The van der Waals surface area contributed by atoms with Gasteiger partial charge < -0.3 is 28.8 Å². The van der Waals surface area contributed by atoms with E-state index >= 15 is 0 Å². The molecule has 10 heteroatoms. The number of rotatable bonds is 6. The van der Waals surface area contributed by atoms with Crippen molar-refractivity contribution in [2.75, 3.05) is 33.3 Å². The van der Waals surface area contributed by atoms with Gasteiger partial charge in [-0.3, -0.25) is 9.59 Å². The van der Waals surface area contributed by atoms with Gasteiger partial charge in [0.05, 0.1) is 42.7 Å². The molecule has 2 aromatic heterocycles. The quantitative estimate of drug-likeness (QED) is 0.166. The van der Waals surface area contributed by atoms with Crippen LogP contribution >= 0.6 is 0 Å². The first-order valence-corrected chi connectivity index (χ1v) is 26.6. The summed E-state index contributed by atoms with van der Waals surface area (Å²) in [6, 6.07) is 28.4. The summed E-state index contributed by atoms with van der Waals surface area (Å²) in [6.07, 6.45) is 23.0. The van der Waals surface area contributed by atoms with Crippen LogP contribution in [0.25, 0.3) is 56.5 Å². The number of methoxy groups -OCH3 is 1. The van der Waals surface area contributed by atoms with E-state index in [2.05, 4.69) is 69.8 Å². The van der Waals surface area contributed by atoms with Crippen molar-refractivity contribution in [3.05, 3.63) is 129 Å². The number of carbonyl (C=O) groups excluding carboxylic acids is 3. The predicted molar refractivity (Wildman–Crippen MR) is 282 cm³/mol. The highest BCUT2D eigenvalue weighted by Gasteiger charge is 2.34. The van der Waals surface area contributed by atoms with E-state index in [0.717, 1.165) is 109 Å². The van der Waals surface area contributed by atoms with Crippen LogP contribution in [0.3, 0.4) is 0 Å². The van der Waals surface area contributed by atoms with Crippen LogP contribution < -0.4 is 0 Å². The first kappa shape index (κ1) is 46.7. The molecule has 2 aliphatic carbocycles. The van der Waals surface area contributed by atoms with Crippen LogP contribution in [0.5, 0.6) is 0 Å². The fraction of sp³-hybridized carbons (Fsp3) is 0.410. The highest BCUT2D eigenvalue weighted by molar-refractivity contribution is 6.05. The zero-order valence-electron chi connectivity index (χ0n) is 41.2. The first-order valence-electron chi connectivity index (χ1n) is 26.6. The Bertz CT molecular complexity index is 3110. The number of carboxylic acids is 1. The third-order valence-electron chi connectivity index (χ3n) is 16.5. The van der Waals surface area contributed by atoms with E-state index < -0.39 is 5.97 Å². The topological polar surface area (TPSA) is 114 Å². The molecule has 6 aromatic rings. The maximum Gasteiger partial charge on any atom is 0.337 e. The van der Waals surface area contributed by atoms with Crippen molar-refractivity contribution >= 4 is 57.7 Å². The summed E-state index contributed by atoms with van der Waals surface area (Å²) in [4.78, 5) is 55.8. The van der Waals surface area contributed by atoms with E-state index in [9.17, 15) is 24.3 Å². The van der Waals surface area contributed by atoms with E-state index in [1.807, 2.05) is 40.1 Å². The molecule has 2 saturated heterocycles. The monoisotopic (exact) mass is 950 g/mol. The van der Waals surface area contributed by atoms with Crippen molar-refractivity contribution in [3.8, 4) is 22.5 Å². The Morgan fingerprint density at radius 3 is 1.35 bits per heavy atom. The average Bonchev–Trinajstić information content (AvgIpc) is 3.77. The van der Waals surface area contributed by atoms with Crippen LogP contribution in [0.15, 0.2) is 96.1 Å². The second-order valence-corrected chi connectivity index (χ2v) is 20.8. The molecule has 10 nitrogen and oxygen atoms in total. The lowest BCUT2D eigenvalue weighted by atomic mass is 9.81. The molecular weight excluding hydrogens is 885 g/mol. The Morgan fingerprint density at radius 1 is 0.507 bits per heavy atom. The average molecular weight is 951 g/mol. The van der Waals surface area contributed by atoms with E-state index in [0.29, 0.717) is 36.1 Å². The second kappa shape index (κ2) is 20.2. The Hall–Kier alpha value is -6.68. The van der Waals surface area contributed by atoms with Gasteiger partial charge in [-0.05, 0) is 135 Å². The lowest BCUT2D eigenvalue weighted by Crippen LogP contribution is -2.37. The van der Waals surface area contributed by atoms with Gasteiger partial charge in [-0.2, -0.15) is 0 Å². The number of amides is 2. The Kier molecular flexibility index (Phi) is 13.3. The van der Waals surface area contributed by atoms with Gasteiger partial charge in [0, 0.05) is 70.3 Å². The molecular formula is C61H66N4O6. The molecule has 1 N–H and O–H groups in total. The zero-order valence-corrected chi connectivity index (χ0v) is 41.2. The summed E-state index contributed by atoms with van der Waals surface area (Å²) in [5.74, 6) is -0.0681. The molecule has 0 bridgehead atoms. The standard InChI is InChI=1S/C31H34N2O3.C30H32N2O3/c1-36-31(35)23-14-15-26-27(19-23)33-20-24(30(34)32-16-8-3-9-17-32)18-22-12-6-7-13-25(22)29(33)28(26)21-10-4-2-5-11-21;33-29(31-15-7-2-8-16-31)23-17-21-11-5-6-12-24(21)28-27(20-9-3-1-4-10-20)25-14-13-22(30(34)35)18-26(25)32(28)19-23/h6-7,12-15,18-19,21H,2-5,8-11,16-17,20H2,1H3;5-6,11-14,17-18,20H,1-4,7-10,15-16,19H2,(H,34,35). The van der Waals surface area contributed by atoms with Crippen molar-refractivity contribution in [1.82, 2.24) is 18.9 Å². The molecule has 71 heavy (non-hydrogen) atoms. The molecule has 6 aliphatic rings. The summed E-state index contributed by atoms with van der Waals surface area (Å²) in [7, 11) is 1.42. The van der Waals surface area contributed by atoms with Crippen molar-refractivity contribution in [2.45, 2.75) is 128 Å². The highest BCUT2D eigenvalue weighted by atomic mass is 16.5. The number of benzene rings is 4. The number of carboxylic acid groups (broad SMARTS) is 1. The number of likely N-dealkylation sites (tertiary alicyclic amines) is 2. The molecule has 12 rings (SSSR count). The van der Waals surface area contributed by atoms with Crippen LogP contribution in [-0.2, 0) is 27.4 Å². The maximum atomic E-state index is 13.8. The van der Waals surface area contributed by atoms with E-state index in [1.165, 1.54) is 105 Å². The third-order valence-corrected chi connectivity index (χ3v) is 16.5. The number of aromatic nitrogens is 2. The van der Waals surface area contributed by atoms with Gasteiger partial charge >= 0.3 is 11.9 Å².